The summed E-state index contributed by atoms with van der Waals surface area (Å²) in [6.45, 7) is 3.77. The Morgan fingerprint density at radius 1 is 1.43 bits per heavy atom. The van der Waals surface area contributed by atoms with Gasteiger partial charge in [-0.05, 0) is 44.1 Å². The highest BCUT2D eigenvalue weighted by molar-refractivity contribution is 5.75. The van der Waals surface area contributed by atoms with Crippen LogP contribution in [-0.4, -0.2) is 19.0 Å². The molecule has 0 heterocycles. The van der Waals surface area contributed by atoms with Crippen molar-refractivity contribution >= 4 is 5.91 Å². The van der Waals surface area contributed by atoms with E-state index < -0.39 is 0 Å². The van der Waals surface area contributed by atoms with E-state index in [0.29, 0.717) is 18.4 Å². The second-order valence-corrected chi connectivity index (χ2v) is 4.38. The summed E-state index contributed by atoms with van der Waals surface area (Å²) in [6.07, 6.45) is 6.26. The number of unbranched alkanes of at least 4 members (excludes halogenated alkanes) is 1. The van der Waals surface area contributed by atoms with Crippen LogP contribution in [0.5, 0.6) is 0 Å². The fraction of sp³-hybridized carbons (Fsp3) is 0.909. The minimum absolute atomic E-state index is 0.193. The van der Waals surface area contributed by atoms with Gasteiger partial charge in [0.1, 0.15) is 0 Å². The molecule has 1 aliphatic carbocycles. The van der Waals surface area contributed by atoms with Crippen LogP contribution in [0.15, 0.2) is 0 Å². The third-order valence-electron chi connectivity index (χ3n) is 3.23. The number of hydrogen-bond acceptors (Lipinski definition) is 2. The molecule has 0 spiro atoms. The summed E-state index contributed by atoms with van der Waals surface area (Å²) in [6, 6.07) is 0. The van der Waals surface area contributed by atoms with E-state index in [2.05, 4.69) is 12.2 Å². The minimum Gasteiger partial charge on any atom is -0.356 e. The number of carbonyl (C=O) groups excluding carboxylic acids is 1. The molecule has 0 unspecified atom stereocenters. The first-order valence-corrected chi connectivity index (χ1v) is 5.69. The average Bonchev–Trinajstić information content (AvgIpc) is 2.96. The molecule has 0 aromatic rings. The van der Waals surface area contributed by atoms with Crippen molar-refractivity contribution in [1.82, 2.24) is 5.32 Å². The highest BCUT2D eigenvalue weighted by atomic mass is 16.1. The van der Waals surface area contributed by atoms with Crippen LogP contribution >= 0.6 is 0 Å². The normalized spacial score (nSPS) is 17.9. The average molecular weight is 198 g/mol. The second-order valence-electron chi connectivity index (χ2n) is 4.38. The lowest BCUT2D eigenvalue weighted by atomic mass is 10.0. The van der Waals surface area contributed by atoms with Crippen LogP contribution in [0.2, 0.25) is 0 Å². The van der Waals surface area contributed by atoms with Gasteiger partial charge in [0.2, 0.25) is 5.91 Å². The van der Waals surface area contributed by atoms with Crippen molar-refractivity contribution in [3.05, 3.63) is 0 Å². The van der Waals surface area contributed by atoms with Crippen LogP contribution in [0.1, 0.15) is 45.4 Å². The van der Waals surface area contributed by atoms with Gasteiger partial charge in [-0.1, -0.05) is 6.92 Å². The Morgan fingerprint density at radius 3 is 2.64 bits per heavy atom. The zero-order valence-electron chi connectivity index (χ0n) is 9.14. The molecule has 1 fully saturated rings. The predicted octanol–water partition coefficient (Wildman–Crippen LogP) is 1.42. The number of carbonyl (C=O) groups is 1. The van der Waals surface area contributed by atoms with E-state index in [4.69, 9.17) is 5.73 Å². The van der Waals surface area contributed by atoms with Crippen molar-refractivity contribution in [2.45, 2.75) is 45.4 Å². The lowest BCUT2D eigenvalue weighted by molar-refractivity contribution is -0.121. The topological polar surface area (TPSA) is 55.1 Å². The van der Waals surface area contributed by atoms with Gasteiger partial charge in [0.05, 0.1) is 0 Å². The zero-order chi connectivity index (χ0) is 10.4. The summed E-state index contributed by atoms with van der Waals surface area (Å²) < 4.78 is 0. The molecule has 1 aliphatic rings. The van der Waals surface area contributed by atoms with E-state index in [1.165, 1.54) is 19.3 Å². The van der Waals surface area contributed by atoms with E-state index in [9.17, 15) is 4.79 Å². The first kappa shape index (κ1) is 11.5. The zero-order valence-corrected chi connectivity index (χ0v) is 9.14. The van der Waals surface area contributed by atoms with Crippen LogP contribution in [0.4, 0.5) is 0 Å². The highest BCUT2D eigenvalue weighted by Crippen LogP contribution is 2.47. The Hall–Kier alpha value is -0.570. The van der Waals surface area contributed by atoms with Crippen LogP contribution in [0.25, 0.3) is 0 Å². The maximum absolute atomic E-state index is 11.4. The maximum atomic E-state index is 11.4. The first-order chi connectivity index (χ1) is 6.72. The standard InChI is InChI=1S/C11H22N2O/c1-2-11(6-7-11)9-13-10(14)5-3-4-8-12/h2-9,12H2,1H3,(H,13,14). The second kappa shape index (κ2) is 5.35. The van der Waals surface area contributed by atoms with E-state index in [1.807, 2.05) is 0 Å². The third kappa shape index (κ3) is 3.66. The molecule has 0 saturated heterocycles. The fourth-order valence-electron chi connectivity index (χ4n) is 1.64. The van der Waals surface area contributed by atoms with Crippen LogP contribution in [0.3, 0.4) is 0 Å². The van der Waals surface area contributed by atoms with Gasteiger partial charge in [-0.15, -0.1) is 0 Å². The monoisotopic (exact) mass is 198 g/mol. The molecule has 14 heavy (non-hydrogen) atoms. The van der Waals surface area contributed by atoms with Gasteiger partial charge in [0.25, 0.3) is 0 Å². The van der Waals surface area contributed by atoms with Crippen molar-refractivity contribution < 1.29 is 4.79 Å². The Kier molecular flexibility index (Phi) is 4.39. The molecule has 3 heteroatoms. The molecule has 1 rings (SSSR count). The molecule has 82 valence electrons. The lowest BCUT2D eigenvalue weighted by Crippen LogP contribution is -2.29. The molecular weight excluding hydrogens is 176 g/mol. The molecule has 1 saturated carbocycles. The van der Waals surface area contributed by atoms with E-state index in [-0.39, 0.29) is 5.91 Å². The number of hydrogen-bond donors (Lipinski definition) is 2. The van der Waals surface area contributed by atoms with Crippen LogP contribution in [-0.2, 0) is 4.79 Å². The summed E-state index contributed by atoms with van der Waals surface area (Å²) in [5.41, 5.74) is 5.82. The molecule has 1 amide bonds. The van der Waals surface area contributed by atoms with Gasteiger partial charge < -0.3 is 11.1 Å². The summed E-state index contributed by atoms with van der Waals surface area (Å²) in [5, 5.41) is 3.02. The molecule has 0 atom stereocenters. The lowest BCUT2D eigenvalue weighted by Gasteiger charge is -2.13. The van der Waals surface area contributed by atoms with Crippen molar-refractivity contribution in [1.29, 1.82) is 0 Å². The molecule has 0 aromatic carbocycles. The largest absolute Gasteiger partial charge is 0.356 e. The maximum Gasteiger partial charge on any atom is 0.220 e. The Bertz CT molecular complexity index is 188. The van der Waals surface area contributed by atoms with Gasteiger partial charge in [0.15, 0.2) is 0 Å². The summed E-state index contributed by atoms with van der Waals surface area (Å²) in [4.78, 5) is 11.4. The Labute approximate surface area is 86.4 Å². The number of nitrogens with one attached hydrogen (secondary N) is 1. The van der Waals surface area contributed by atoms with Crippen molar-refractivity contribution in [2.24, 2.45) is 11.1 Å². The summed E-state index contributed by atoms with van der Waals surface area (Å²) in [7, 11) is 0. The number of nitrogens with two attached hydrogens (primary N) is 1. The van der Waals surface area contributed by atoms with E-state index >= 15 is 0 Å². The smallest absolute Gasteiger partial charge is 0.220 e. The summed E-state index contributed by atoms with van der Waals surface area (Å²) >= 11 is 0. The number of rotatable bonds is 7. The molecule has 3 nitrogen and oxygen atoms in total. The van der Waals surface area contributed by atoms with Gasteiger partial charge >= 0.3 is 0 Å². The quantitative estimate of drug-likeness (QED) is 0.608. The Balaban J connectivity index is 2.03. The minimum atomic E-state index is 0.193. The highest BCUT2D eigenvalue weighted by Gasteiger charge is 2.40. The van der Waals surface area contributed by atoms with Gasteiger partial charge in [-0.2, -0.15) is 0 Å². The van der Waals surface area contributed by atoms with Crippen molar-refractivity contribution in [3.8, 4) is 0 Å². The molecule has 0 bridgehead atoms. The SMILES string of the molecule is CCC1(CNC(=O)CCCCN)CC1. The first-order valence-electron chi connectivity index (χ1n) is 5.69. The third-order valence-corrected chi connectivity index (χ3v) is 3.23. The van der Waals surface area contributed by atoms with Crippen molar-refractivity contribution in [2.75, 3.05) is 13.1 Å². The van der Waals surface area contributed by atoms with E-state index in [1.54, 1.807) is 0 Å². The predicted molar refractivity (Wildman–Crippen MR) is 57.9 cm³/mol. The molecule has 0 aliphatic heterocycles. The molecule has 0 aromatic heterocycles. The van der Waals surface area contributed by atoms with Crippen molar-refractivity contribution in [3.63, 3.8) is 0 Å². The van der Waals surface area contributed by atoms with Crippen LogP contribution < -0.4 is 11.1 Å². The Morgan fingerprint density at radius 2 is 2.14 bits per heavy atom. The molecular formula is C11H22N2O. The number of amides is 1. The van der Waals surface area contributed by atoms with Gasteiger partial charge in [-0.3, -0.25) is 4.79 Å². The molecule has 0 radical (unpaired) electrons. The van der Waals surface area contributed by atoms with Gasteiger partial charge in [0, 0.05) is 13.0 Å². The van der Waals surface area contributed by atoms with E-state index in [0.717, 1.165) is 19.4 Å². The molecule has 3 N–H and O–H groups in total. The summed E-state index contributed by atoms with van der Waals surface area (Å²) in [5.74, 6) is 0.193. The van der Waals surface area contributed by atoms with Crippen LogP contribution in [0, 0.1) is 5.41 Å². The van der Waals surface area contributed by atoms with Gasteiger partial charge in [-0.25, -0.2) is 0 Å². The fourth-order valence-corrected chi connectivity index (χ4v) is 1.64.